The van der Waals surface area contributed by atoms with Crippen LogP contribution in [-0.4, -0.2) is 88.1 Å². The van der Waals surface area contributed by atoms with Gasteiger partial charge in [-0.1, -0.05) is 0 Å². The van der Waals surface area contributed by atoms with Gasteiger partial charge < -0.3 is 19.1 Å². The summed E-state index contributed by atoms with van der Waals surface area (Å²) >= 11 is 0. The Morgan fingerprint density at radius 2 is 2.13 bits per heavy atom. The van der Waals surface area contributed by atoms with Gasteiger partial charge in [-0.05, 0) is 39.1 Å². The zero-order valence-electron chi connectivity index (χ0n) is 18.9. The molecule has 8 heteroatoms. The summed E-state index contributed by atoms with van der Waals surface area (Å²) in [6, 6.07) is 4.26. The molecular weight excluding hydrogens is 392 g/mol. The maximum absolute atomic E-state index is 13.4. The molecule has 0 radical (unpaired) electrons. The van der Waals surface area contributed by atoms with E-state index >= 15 is 0 Å². The smallest absolute Gasteiger partial charge is 0.227 e. The molecule has 2 fully saturated rings. The first-order chi connectivity index (χ1) is 15.0. The van der Waals surface area contributed by atoms with Crippen molar-refractivity contribution >= 4 is 5.91 Å². The number of likely N-dealkylation sites (tertiary alicyclic amines) is 2. The molecule has 4 rings (SSSR count). The van der Waals surface area contributed by atoms with E-state index in [0.29, 0.717) is 18.6 Å². The number of rotatable bonds is 7. The van der Waals surface area contributed by atoms with E-state index in [0.717, 1.165) is 57.1 Å². The predicted octanol–water partition coefficient (Wildman–Crippen LogP) is 1.49. The van der Waals surface area contributed by atoms with E-state index in [9.17, 15) is 4.79 Å². The highest BCUT2D eigenvalue weighted by Crippen LogP contribution is 2.27. The minimum Gasteiger partial charge on any atom is -0.492 e. The molecule has 2 saturated heterocycles. The largest absolute Gasteiger partial charge is 0.492 e. The number of carbonyl (C=O) groups excluding carboxylic acids is 1. The van der Waals surface area contributed by atoms with Crippen molar-refractivity contribution in [1.82, 2.24) is 29.2 Å². The lowest BCUT2D eigenvalue weighted by Crippen LogP contribution is -2.48. The van der Waals surface area contributed by atoms with Crippen LogP contribution in [0.2, 0.25) is 0 Å². The van der Waals surface area contributed by atoms with Gasteiger partial charge in [-0.2, -0.15) is 0 Å². The van der Waals surface area contributed by atoms with Gasteiger partial charge in [0.2, 0.25) is 5.91 Å². The number of hydrogen-bond acceptors (Lipinski definition) is 6. The van der Waals surface area contributed by atoms with Crippen molar-refractivity contribution in [3.05, 3.63) is 42.7 Å². The number of nitrogens with zero attached hydrogens (tertiary/aromatic N) is 6. The second-order valence-corrected chi connectivity index (χ2v) is 9.14. The lowest BCUT2D eigenvalue weighted by atomic mass is 9.88. The zero-order chi connectivity index (χ0) is 21.8. The maximum atomic E-state index is 13.4. The van der Waals surface area contributed by atoms with Gasteiger partial charge in [0.1, 0.15) is 11.6 Å². The first-order valence-electron chi connectivity index (χ1n) is 11.2. The number of ether oxygens (including phenoxy) is 1. The fourth-order valence-electron chi connectivity index (χ4n) is 4.75. The Kier molecular flexibility index (Phi) is 6.87. The molecule has 1 unspecified atom stereocenters. The van der Waals surface area contributed by atoms with E-state index in [1.54, 1.807) is 12.4 Å². The SMILES string of the molecule is CN(C)C1CCN(C(=O)[C@@H]2C[C@H](COc3cccnc3)CN(Cc3nccn3C)C2)C1. The van der Waals surface area contributed by atoms with Gasteiger partial charge in [-0.15, -0.1) is 0 Å². The molecule has 2 aromatic heterocycles. The van der Waals surface area contributed by atoms with Gasteiger partial charge in [0, 0.05) is 63.8 Å². The molecule has 0 spiro atoms. The summed E-state index contributed by atoms with van der Waals surface area (Å²) in [5.41, 5.74) is 0. The lowest BCUT2D eigenvalue weighted by molar-refractivity contribution is -0.137. The van der Waals surface area contributed by atoms with Crippen LogP contribution in [0.3, 0.4) is 0 Å². The number of imidazole rings is 1. The molecule has 0 aliphatic carbocycles. The maximum Gasteiger partial charge on any atom is 0.227 e. The molecule has 3 atom stereocenters. The first-order valence-corrected chi connectivity index (χ1v) is 11.2. The number of aromatic nitrogens is 3. The van der Waals surface area contributed by atoms with Crippen LogP contribution >= 0.6 is 0 Å². The Hall–Kier alpha value is -2.45. The highest BCUT2D eigenvalue weighted by atomic mass is 16.5. The quantitative estimate of drug-likeness (QED) is 0.668. The van der Waals surface area contributed by atoms with Gasteiger partial charge >= 0.3 is 0 Å². The molecule has 0 N–H and O–H groups in total. The van der Waals surface area contributed by atoms with Crippen molar-refractivity contribution in [3.8, 4) is 5.75 Å². The topological polar surface area (TPSA) is 66.7 Å². The van der Waals surface area contributed by atoms with Crippen LogP contribution in [0.4, 0.5) is 0 Å². The fourth-order valence-corrected chi connectivity index (χ4v) is 4.75. The van der Waals surface area contributed by atoms with Crippen LogP contribution in [-0.2, 0) is 18.4 Å². The number of aryl methyl sites for hydroxylation is 1. The minimum atomic E-state index is -0.00238. The molecular formula is C23H34N6O2. The van der Waals surface area contributed by atoms with E-state index in [4.69, 9.17) is 4.74 Å². The Balaban J connectivity index is 1.43. The van der Waals surface area contributed by atoms with Crippen molar-refractivity contribution in [1.29, 1.82) is 0 Å². The fraction of sp³-hybridized carbons (Fsp3) is 0.609. The van der Waals surface area contributed by atoms with E-state index in [-0.39, 0.29) is 11.8 Å². The Labute approximate surface area is 184 Å². The summed E-state index contributed by atoms with van der Waals surface area (Å²) in [7, 11) is 6.21. The van der Waals surface area contributed by atoms with Crippen molar-refractivity contribution in [2.75, 3.05) is 46.9 Å². The minimum absolute atomic E-state index is 0.00238. The number of piperidine rings is 1. The summed E-state index contributed by atoms with van der Waals surface area (Å²) in [5, 5.41) is 0. The molecule has 1 amide bonds. The summed E-state index contributed by atoms with van der Waals surface area (Å²) in [4.78, 5) is 28.7. The van der Waals surface area contributed by atoms with Crippen LogP contribution in [0.5, 0.6) is 5.75 Å². The molecule has 168 valence electrons. The molecule has 31 heavy (non-hydrogen) atoms. The molecule has 2 aliphatic rings. The Morgan fingerprint density at radius 3 is 2.81 bits per heavy atom. The van der Waals surface area contributed by atoms with Gasteiger partial charge in [-0.3, -0.25) is 14.7 Å². The molecule has 4 heterocycles. The zero-order valence-corrected chi connectivity index (χ0v) is 18.9. The average Bonchev–Trinajstić information content (AvgIpc) is 3.42. The van der Waals surface area contributed by atoms with Crippen molar-refractivity contribution < 1.29 is 9.53 Å². The van der Waals surface area contributed by atoms with E-state index in [1.165, 1.54) is 0 Å². The summed E-state index contributed by atoms with van der Waals surface area (Å²) < 4.78 is 8.06. The Bertz CT molecular complexity index is 855. The number of amides is 1. The van der Waals surface area contributed by atoms with Gasteiger partial charge in [0.15, 0.2) is 0 Å². The average molecular weight is 427 g/mol. The normalized spacial score (nSPS) is 24.6. The van der Waals surface area contributed by atoms with Crippen molar-refractivity contribution in [3.63, 3.8) is 0 Å². The molecule has 2 aliphatic heterocycles. The molecule has 0 aromatic carbocycles. The number of hydrogen-bond donors (Lipinski definition) is 0. The highest BCUT2D eigenvalue weighted by molar-refractivity contribution is 5.79. The molecule has 0 bridgehead atoms. The number of pyridine rings is 1. The van der Waals surface area contributed by atoms with Crippen molar-refractivity contribution in [2.24, 2.45) is 18.9 Å². The van der Waals surface area contributed by atoms with Crippen LogP contribution in [0.15, 0.2) is 36.9 Å². The summed E-state index contributed by atoms with van der Waals surface area (Å²) in [5.74, 6) is 2.38. The molecule has 2 aromatic rings. The van der Waals surface area contributed by atoms with E-state index in [1.807, 2.05) is 31.6 Å². The summed E-state index contributed by atoms with van der Waals surface area (Å²) in [6.07, 6.45) is 9.19. The van der Waals surface area contributed by atoms with Gasteiger partial charge in [0.25, 0.3) is 0 Å². The third kappa shape index (κ3) is 5.43. The van der Waals surface area contributed by atoms with Gasteiger partial charge in [-0.25, -0.2) is 4.98 Å². The number of carbonyl (C=O) groups is 1. The standard InChI is InChI=1S/C23H34N6O2/c1-26(2)20-6-9-29(15-20)23(30)19-11-18(17-31-21-5-4-7-24-12-21)13-28(14-19)16-22-25-8-10-27(22)3/h4-5,7-8,10,12,18-20H,6,9,11,13-17H2,1-3H3/t18-,19+,20?/m0/s1. The Morgan fingerprint density at radius 1 is 1.26 bits per heavy atom. The highest BCUT2D eigenvalue weighted by Gasteiger charge is 2.37. The van der Waals surface area contributed by atoms with Gasteiger partial charge in [0.05, 0.1) is 25.3 Å². The monoisotopic (exact) mass is 426 g/mol. The van der Waals surface area contributed by atoms with Crippen LogP contribution < -0.4 is 4.74 Å². The number of likely N-dealkylation sites (N-methyl/N-ethyl adjacent to an activating group) is 1. The second-order valence-electron chi connectivity index (χ2n) is 9.14. The van der Waals surface area contributed by atoms with E-state index in [2.05, 4.69) is 43.3 Å². The third-order valence-corrected chi connectivity index (χ3v) is 6.57. The van der Waals surface area contributed by atoms with Crippen LogP contribution in [0.25, 0.3) is 0 Å². The molecule has 8 nitrogen and oxygen atoms in total. The predicted molar refractivity (Wildman–Crippen MR) is 118 cm³/mol. The third-order valence-electron chi connectivity index (χ3n) is 6.57. The second kappa shape index (κ2) is 9.78. The molecule has 0 saturated carbocycles. The van der Waals surface area contributed by atoms with Crippen LogP contribution in [0, 0.1) is 11.8 Å². The van der Waals surface area contributed by atoms with E-state index < -0.39 is 0 Å². The van der Waals surface area contributed by atoms with Crippen LogP contribution in [0.1, 0.15) is 18.7 Å². The first kappa shape index (κ1) is 21.8. The van der Waals surface area contributed by atoms with Crippen molar-refractivity contribution in [2.45, 2.75) is 25.4 Å². The lowest BCUT2D eigenvalue weighted by Gasteiger charge is -2.38. The summed E-state index contributed by atoms with van der Waals surface area (Å²) in [6.45, 7) is 4.70.